The predicted molar refractivity (Wildman–Crippen MR) is 84.0 cm³/mol. The summed E-state index contributed by atoms with van der Waals surface area (Å²) in [7, 11) is 1.65. The van der Waals surface area contributed by atoms with Gasteiger partial charge in [-0.25, -0.2) is 0 Å². The van der Waals surface area contributed by atoms with Crippen LogP contribution < -0.4 is 14.8 Å². The molecule has 0 spiro atoms. The standard InChI is InChI=1S/C17H27NO3/c1-4-10-18-12(2)13-8-9-16(17(11-13)20-3)21-15-7-5-6-14(15)19/h8-9,11-12,14-15,18-19H,4-7,10H2,1-3H3. The maximum atomic E-state index is 9.88. The lowest BCUT2D eigenvalue weighted by atomic mass is 10.1. The molecule has 3 unspecified atom stereocenters. The summed E-state index contributed by atoms with van der Waals surface area (Å²) in [5.41, 5.74) is 1.18. The van der Waals surface area contributed by atoms with Gasteiger partial charge < -0.3 is 19.9 Å². The molecule has 1 aliphatic carbocycles. The largest absolute Gasteiger partial charge is 0.493 e. The fourth-order valence-electron chi connectivity index (χ4n) is 2.74. The normalized spacial score (nSPS) is 23.0. The van der Waals surface area contributed by atoms with Crippen molar-refractivity contribution in [1.82, 2.24) is 5.32 Å². The summed E-state index contributed by atoms with van der Waals surface area (Å²) in [6.07, 6.45) is 3.38. The summed E-state index contributed by atoms with van der Waals surface area (Å²) in [6.45, 7) is 5.30. The van der Waals surface area contributed by atoms with Gasteiger partial charge in [0.1, 0.15) is 6.10 Å². The summed E-state index contributed by atoms with van der Waals surface area (Å²) in [4.78, 5) is 0. The number of nitrogens with one attached hydrogen (secondary N) is 1. The molecule has 0 radical (unpaired) electrons. The van der Waals surface area contributed by atoms with E-state index in [0.29, 0.717) is 0 Å². The summed E-state index contributed by atoms with van der Waals surface area (Å²) in [5.74, 6) is 1.45. The van der Waals surface area contributed by atoms with Crippen LogP contribution in [0.4, 0.5) is 0 Å². The van der Waals surface area contributed by atoms with Crippen molar-refractivity contribution in [2.24, 2.45) is 0 Å². The van der Waals surface area contributed by atoms with Gasteiger partial charge in [-0.1, -0.05) is 13.0 Å². The SMILES string of the molecule is CCCNC(C)c1ccc(OC2CCCC2O)c(OC)c1. The van der Waals surface area contributed by atoms with Gasteiger partial charge in [-0.2, -0.15) is 0 Å². The van der Waals surface area contributed by atoms with Gasteiger partial charge >= 0.3 is 0 Å². The fraction of sp³-hybridized carbons (Fsp3) is 0.647. The molecule has 1 aromatic carbocycles. The maximum Gasteiger partial charge on any atom is 0.161 e. The van der Waals surface area contributed by atoms with Crippen LogP contribution >= 0.6 is 0 Å². The van der Waals surface area contributed by atoms with E-state index < -0.39 is 0 Å². The molecular formula is C17H27NO3. The van der Waals surface area contributed by atoms with Gasteiger partial charge in [0, 0.05) is 6.04 Å². The molecule has 1 aliphatic rings. The van der Waals surface area contributed by atoms with Crippen molar-refractivity contribution in [2.45, 2.75) is 57.8 Å². The van der Waals surface area contributed by atoms with Crippen LogP contribution in [0, 0.1) is 0 Å². The van der Waals surface area contributed by atoms with Gasteiger partial charge in [-0.15, -0.1) is 0 Å². The average Bonchev–Trinajstić information content (AvgIpc) is 2.90. The Morgan fingerprint density at radius 3 is 2.76 bits per heavy atom. The minimum absolute atomic E-state index is 0.111. The molecule has 4 nitrogen and oxygen atoms in total. The lowest BCUT2D eigenvalue weighted by Gasteiger charge is -2.21. The molecule has 0 bridgehead atoms. The van der Waals surface area contributed by atoms with Crippen molar-refractivity contribution in [3.8, 4) is 11.5 Å². The van der Waals surface area contributed by atoms with E-state index in [4.69, 9.17) is 9.47 Å². The smallest absolute Gasteiger partial charge is 0.161 e. The van der Waals surface area contributed by atoms with E-state index in [0.717, 1.165) is 43.7 Å². The van der Waals surface area contributed by atoms with Gasteiger partial charge in [-0.3, -0.25) is 0 Å². The number of rotatable bonds is 7. The number of aliphatic hydroxyl groups is 1. The van der Waals surface area contributed by atoms with Crippen molar-refractivity contribution in [3.63, 3.8) is 0 Å². The molecule has 21 heavy (non-hydrogen) atoms. The predicted octanol–water partition coefficient (Wildman–Crippen LogP) is 3.05. The molecule has 0 aliphatic heterocycles. The van der Waals surface area contributed by atoms with Crippen LogP contribution in [0.5, 0.6) is 11.5 Å². The summed E-state index contributed by atoms with van der Waals surface area (Å²) >= 11 is 0. The van der Waals surface area contributed by atoms with E-state index in [1.165, 1.54) is 5.56 Å². The molecule has 0 saturated heterocycles. The molecule has 0 aromatic heterocycles. The number of hydrogen-bond acceptors (Lipinski definition) is 4. The zero-order valence-electron chi connectivity index (χ0n) is 13.3. The first-order valence-corrected chi connectivity index (χ1v) is 7.91. The summed E-state index contributed by atoms with van der Waals surface area (Å²) in [6, 6.07) is 6.31. The Balaban J connectivity index is 2.08. The first kappa shape index (κ1) is 16.1. The van der Waals surface area contributed by atoms with Crippen LogP contribution in [0.2, 0.25) is 0 Å². The fourth-order valence-corrected chi connectivity index (χ4v) is 2.74. The van der Waals surface area contributed by atoms with Crippen molar-refractivity contribution in [1.29, 1.82) is 0 Å². The van der Waals surface area contributed by atoms with Crippen molar-refractivity contribution in [2.75, 3.05) is 13.7 Å². The molecule has 1 aromatic rings. The van der Waals surface area contributed by atoms with E-state index in [1.54, 1.807) is 7.11 Å². The lowest BCUT2D eigenvalue weighted by Crippen LogP contribution is -2.26. The summed E-state index contributed by atoms with van der Waals surface area (Å²) in [5, 5.41) is 13.3. The quantitative estimate of drug-likeness (QED) is 0.811. The first-order chi connectivity index (χ1) is 10.2. The third-order valence-corrected chi connectivity index (χ3v) is 4.08. The molecule has 0 heterocycles. The highest BCUT2D eigenvalue weighted by Gasteiger charge is 2.27. The van der Waals surface area contributed by atoms with Crippen molar-refractivity contribution in [3.05, 3.63) is 23.8 Å². The second-order valence-corrected chi connectivity index (χ2v) is 5.74. The molecule has 1 fully saturated rings. The minimum atomic E-state index is -0.362. The maximum absolute atomic E-state index is 9.88. The van der Waals surface area contributed by atoms with Crippen LogP contribution in [0.15, 0.2) is 18.2 Å². The Morgan fingerprint density at radius 2 is 2.14 bits per heavy atom. The molecule has 0 amide bonds. The van der Waals surface area contributed by atoms with Crippen LogP contribution in [-0.4, -0.2) is 31.0 Å². The number of aliphatic hydroxyl groups excluding tert-OH is 1. The molecular weight excluding hydrogens is 266 g/mol. The van der Waals surface area contributed by atoms with E-state index in [9.17, 15) is 5.11 Å². The Morgan fingerprint density at radius 1 is 1.33 bits per heavy atom. The highest BCUT2D eigenvalue weighted by Crippen LogP contribution is 2.33. The second kappa shape index (κ2) is 7.66. The monoisotopic (exact) mass is 293 g/mol. The minimum Gasteiger partial charge on any atom is -0.493 e. The van der Waals surface area contributed by atoms with E-state index in [-0.39, 0.29) is 18.2 Å². The van der Waals surface area contributed by atoms with Crippen LogP contribution in [0.1, 0.15) is 51.1 Å². The Labute approximate surface area is 127 Å². The second-order valence-electron chi connectivity index (χ2n) is 5.74. The van der Waals surface area contributed by atoms with Crippen LogP contribution in [-0.2, 0) is 0 Å². The topological polar surface area (TPSA) is 50.7 Å². The zero-order chi connectivity index (χ0) is 15.2. The summed E-state index contributed by atoms with van der Waals surface area (Å²) < 4.78 is 11.4. The van der Waals surface area contributed by atoms with Gasteiger partial charge in [0.05, 0.1) is 13.2 Å². The molecule has 3 atom stereocenters. The Bertz CT molecular complexity index is 450. The highest BCUT2D eigenvalue weighted by molar-refractivity contribution is 5.44. The van der Waals surface area contributed by atoms with E-state index in [1.807, 2.05) is 12.1 Å². The molecule has 118 valence electrons. The third kappa shape index (κ3) is 4.11. The highest BCUT2D eigenvalue weighted by atomic mass is 16.5. The molecule has 4 heteroatoms. The van der Waals surface area contributed by atoms with Gasteiger partial charge in [0.2, 0.25) is 0 Å². The van der Waals surface area contributed by atoms with Crippen LogP contribution in [0.3, 0.4) is 0 Å². The number of methoxy groups -OCH3 is 1. The van der Waals surface area contributed by atoms with Gasteiger partial charge in [0.15, 0.2) is 11.5 Å². The Hall–Kier alpha value is -1.26. The third-order valence-electron chi connectivity index (χ3n) is 4.08. The van der Waals surface area contributed by atoms with E-state index in [2.05, 4.69) is 25.2 Å². The lowest BCUT2D eigenvalue weighted by molar-refractivity contribution is 0.0586. The number of hydrogen-bond donors (Lipinski definition) is 2. The Kier molecular flexibility index (Phi) is 5.88. The molecule has 2 rings (SSSR count). The zero-order valence-corrected chi connectivity index (χ0v) is 13.3. The number of ether oxygens (including phenoxy) is 2. The van der Waals surface area contributed by atoms with Crippen LogP contribution in [0.25, 0.3) is 0 Å². The van der Waals surface area contributed by atoms with Gasteiger partial charge in [0.25, 0.3) is 0 Å². The van der Waals surface area contributed by atoms with Crippen molar-refractivity contribution >= 4 is 0 Å². The van der Waals surface area contributed by atoms with E-state index >= 15 is 0 Å². The van der Waals surface area contributed by atoms with Gasteiger partial charge in [-0.05, 0) is 56.8 Å². The molecule has 2 N–H and O–H groups in total. The van der Waals surface area contributed by atoms with Crippen molar-refractivity contribution < 1.29 is 14.6 Å². The number of benzene rings is 1. The molecule has 1 saturated carbocycles. The average molecular weight is 293 g/mol. The first-order valence-electron chi connectivity index (χ1n) is 7.91.